The number of benzene rings is 1. The molecule has 0 radical (unpaired) electrons. The van der Waals surface area contributed by atoms with Crippen LogP contribution in [0.5, 0.6) is 11.5 Å². The summed E-state index contributed by atoms with van der Waals surface area (Å²) in [7, 11) is 0. The number of rotatable bonds is 11. The summed E-state index contributed by atoms with van der Waals surface area (Å²) in [4.78, 5) is 4.21. The molecule has 1 unspecified atom stereocenters. The van der Waals surface area contributed by atoms with E-state index < -0.39 is 0 Å². The van der Waals surface area contributed by atoms with E-state index in [4.69, 9.17) is 14.2 Å². The van der Waals surface area contributed by atoms with Crippen molar-refractivity contribution < 1.29 is 14.2 Å². The number of pyridine rings is 1. The fourth-order valence-corrected chi connectivity index (χ4v) is 2.81. The lowest BCUT2D eigenvalue weighted by atomic mass is 9.87. The molecule has 2 rings (SSSR count). The van der Waals surface area contributed by atoms with Gasteiger partial charge in [-0.05, 0) is 41.7 Å². The van der Waals surface area contributed by atoms with Crippen LogP contribution in [0.4, 0.5) is 0 Å². The molecule has 1 heterocycles. The SMILES string of the molecule is C=CCOC(/C(=C\c1cccnc1)Oc1cccc(OCCCC)c1)C(C)(C)C. The number of nitrogens with zero attached hydrogens (tertiary/aromatic N) is 1. The molecule has 0 fully saturated rings. The number of ether oxygens (including phenoxy) is 3. The molecule has 0 spiro atoms. The first-order chi connectivity index (χ1) is 13.9. The predicted octanol–water partition coefficient (Wildman–Crippen LogP) is 6.30. The van der Waals surface area contributed by atoms with Crippen molar-refractivity contribution >= 4 is 6.08 Å². The summed E-state index contributed by atoms with van der Waals surface area (Å²) in [6, 6.07) is 11.6. The van der Waals surface area contributed by atoms with E-state index in [-0.39, 0.29) is 11.5 Å². The minimum absolute atomic E-state index is 0.174. The molecule has 0 aliphatic heterocycles. The average molecular weight is 396 g/mol. The largest absolute Gasteiger partial charge is 0.493 e. The first kappa shape index (κ1) is 22.7. The minimum atomic E-state index is -0.259. The highest BCUT2D eigenvalue weighted by molar-refractivity contribution is 5.52. The van der Waals surface area contributed by atoms with Crippen molar-refractivity contribution in [2.45, 2.75) is 46.6 Å². The summed E-state index contributed by atoms with van der Waals surface area (Å²) >= 11 is 0. The maximum atomic E-state index is 6.35. The van der Waals surface area contributed by atoms with Gasteiger partial charge in [0.15, 0.2) is 0 Å². The molecule has 0 saturated heterocycles. The van der Waals surface area contributed by atoms with Gasteiger partial charge in [0.05, 0.1) is 13.2 Å². The summed E-state index contributed by atoms with van der Waals surface area (Å²) < 4.78 is 18.3. The highest BCUT2D eigenvalue weighted by Gasteiger charge is 2.31. The van der Waals surface area contributed by atoms with Gasteiger partial charge in [0.1, 0.15) is 23.4 Å². The second kappa shape index (κ2) is 11.4. The van der Waals surface area contributed by atoms with Gasteiger partial charge >= 0.3 is 0 Å². The highest BCUT2D eigenvalue weighted by atomic mass is 16.5. The zero-order valence-electron chi connectivity index (χ0n) is 18.1. The number of hydrogen-bond donors (Lipinski definition) is 0. The summed E-state index contributed by atoms with van der Waals surface area (Å²) in [5.74, 6) is 2.24. The van der Waals surface area contributed by atoms with Gasteiger partial charge in [0.2, 0.25) is 0 Å². The Morgan fingerprint density at radius 2 is 1.97 bits per heavy atom. The van der Waals surface area contributed by atoms with Gasteiger partial charge in [-0.3, -0.25) is 4.98 Å². The molecule has 156 valence electrons. The standard InChI is InChI=1S/C25H33NO3/c1-6-8-16-27-21-12-9-13-22(18-21)29-23(17-20-11-10-14-26-19-20)24(25(3,4)5)28-15-7-2/h7,9-14,17-19,24H,2,6,8,15-16H2,1,3-5H3/b23-17+. The molecule has 0 saturated carbocycles. The number of hydrogen-bond acceptors (Lipinski definition) is 4. The van der Waals surface area contributed by atoms with E-state index in [0.717, 1.165) is 29.9 Å². The molecule has 0 N–H and O–H groups in total. The fraction of sp³-hybridized carbons (Fsp3) is 0.400. The Balaban J connectivity index is 2.33. The van der Waals surface area contributed by atoms with Crippen LogP contribution < -0.4 is 9.47 Å². The van der Waals surface area contributed by atoms with E-state index in [0.29, 0.717) is 19.0 Å². The fourth-order valence-electron chi connectivity index (χ4n) is 2.81. The van der Waals surface area contributed by atoms with Gasteiger partial charge in [-0.1, -0.05) is 52.3 Å². The van der Waals surface area contributed by atoms with E-state index in [9.17, 15) is 0 Å². The Labute approximate surface area is 175 Å². The Bertz CT molecular complexity index is 778. The van der Waals surface area contributed by atoms with Crippen LogP contribution in [-0.2, 0) is 4.74 Å². The van der Waals surface area contributed by atoms with Gasteiger partial charge in [-0.15, -0.1) is 6.58 Å². The minimum Gasteiger partial charge on any atom is -0.493 e. The van der Waals surface area contributed by atoms with Crippen molar-refractivity contribution in [1.82, 2.24) is 4.98 Å². The topological polar surface area (TPSA) is 40.6 Å². The lowest BCUT2D eigenvalue weighted by Crippen LogP contribution is -2.33. The van der Waals surface area contributed by atoms with E-state index in [2.05, 4.69) is 39.3 Å². The average Bonchev–Trinajstić information content (AvgIpc) is 2.68. The molecule has 2 aromatic rings. The van der Waals surface area contributed by atoms with E-state index in [1.165, 1.54) is 0 Å². The third-order valence-electron chi connectivity index (χ3n) is 4.23. The van der Waals surface area contributed by atoms with Gasteiger partial charge in [-0.25, -0.2) is 0 Å². The third-order valence-corrected chi connectivity index (χ3v) is 4.23. The van der Waals surface area contributed by atoms with Crippen LogP contribution in [0.2, 0.25) is 0 Å². The molecule has 0 bridgehead atoms. The van der Waals surface area contributed by atoms with E-state index >= 15 is 0 Å². The molecule has 0 amide bonds. The van der Waals surface area contributed by atoms with Crippen molar-refractivity contribution in [3.05, 3.63) is 72.8 Å². The normalized spacial score (nSPS) is 13.0. The molecule has 1 atom stereocenters. The van der Waals surface area contributed by atoms with Crippen molar-refractivity contribution in [2.24, 2.45) is 5.41 Å². The molecule has 1 aromatic heterocycles. The van der Waals surface area contributed by atoms with Gasteiger partial charge < -0.3 is 14.2 Å². The predicted molar refractivity (Wildman–Crippen MR) is 119 cm³/mol. The third kappa shape index (κ3) is 7.74. The Kier molecular flexibility index (Phi) is 8.94. The zero-order chi connectivity index (χ0) is 21.1. The van der Waals surface area contributed by atoms with Crippen molar-refractivity contribution in [3.63, 3.8) is 0 Å². The summed E-state index contributed by atoms with van der Waals surface area (Å²) in [5, 5.41) is 0. The van der Waals surface area contributed by atoms with Gasteiger partial charge in [0.25, 0.3) is 0 Å². The van der Waals surface area contributed by atoms with Crippen LogP contribution in [0.1, 0.15) is 46.1 Å². The maximum absolute atomic E-state index is 6.35. The quantitative estimate of drug-likeness (QED) is 0.254. The summed E-state index contributed by atoms with van der Waals surface area (Å²) in [5.41, 5.74) is 0.779. The molecular formula is C25H33NO3. The van der Waals surface area contributed by atoms with Crippen molar-refractivity contribution in [3.8, 4) is 11.5 Å². The molecule has 0 aliphatic carbocycles. The molecule has 4 nitrogen and oxygen atoms in total. The van der Waals surface area contributed by atoms with Crippen LogP contribution >= 0.6 is 0 Å². The second-order valence-electron chi connectivity index (χ2n) is 7.98. The summed E-state index contributed by atoms with van der Waals surface area (Å²) in [6.45, 7) is 13.5. The van der Waals surface area contributed by atoms with Crippen LogP contribution in [0.15, 0.2) is 67.2 Å². The van der Waals surface area contributed by atoms with E-state index in [1.807, 2.05) is 42.5 Å². The molecule has 1 aromatic carbocycles. The van der Waals surface area contributed by atoms with Gasteiger partial charge in [0, 0.05) is 18.5 Å². The van der Waals surface area contributed by atoms with E-state index in [1.54, 1.807) is 18.5 Å². The summed E-state index contributed by atoms with van der Waals surface area (Å²) in [6.07, 6.45) is 9.16. The monoisotopic (exact) mass is 395 g/mol. The molecule has 29 heavy (non-hydrogen) atoms. The van der Waals surface area contributed by atoms with Crippen molar-refractivity contribution in [2.75, 3.05) is 13.2 Å². The smallest absolute Gasteiger partial charge is 0.134 e. The number of aromatic nitrogens is 1. The molecule has 4 heteroatoms. The van der Waals surface area contributed by atoms with Crippen LogP contribution in [0.3, 0.4) is 0 Å². The highest BCUT2D eigenvalue weighted by Crippen LogP contribution is 2.32. The first-order valence-corrected chi connectivity index (χ1v) is 10.2. The first-order valence-electron chi connectivity index (χ1n) is 10.2. The van der Waals surface area contributed by atoms with Crippen LogP contribution in [0, 0.1) is 5.41 Å². The molecule has 0 aliphatic rings. The maximum Gasteiger partial charge on any atom is 0.134 e. The zero-order valence-corrected chi connectivity index (χ0v) is 18.1. The van der Waals surface area contributed by atoms with Crippen LogP contribution in [0.25, 0.3) is 6.08 Å². The van der Waals surface area contributed by atoms with Crippen molar-refractivity contribution in [1.29, 1.82) is 0 Å². The Morgan fingerprint density at radius 1 is 1.17 bits per heavy atom. The lowest BCUT2D eigenvalue weighted by Gasteiger charge is -2.32. The molecular weight excluding hydrogens is 362 g/mol. The number of unbranched alkanes of at least 4 members (excludes halogenated alkanes) is 1. The second-order valence-corrected chi connectivity index (χ2v) is 7.98. The van der Waals surface area contributed by atoms with Crippen LogP contribution in [-0.4, -0.2) is 24.3 Å². The lowest BCUT2D eigenvalue weighted by molar-refractivity contribution is 0.00172. The van der Waals surface area contributed by atoms with Gasteiger partial charge in [-0.2, -0.15) is 0 Å². The Morgan fingerprint density at radius 3 is 2.62 bits per heavy atom. The Hall–Kier alpha value is -2.59.